The van der Waals surface area contributed by atoms with Crippen LogP contribution in [0, 0.1) is 6.92 Å². The van der Waals surface area contributed by atoms with Gasteiger partial charge in [0, 0.05) is 14.3 Å². The number of hydrogen-bond donors (Lipinski definition) is 0. The Kier molecular flexibility index (Phi) is 13.3. The molecule has 292 valence electrons. The lowest BCUT2D eigenvalue weighted by Gasteiger charge is -2.47. The molecule has 1 unspecified atom stereocenters. The van der Waals surface area contributed by atoms with E-state index in [-0.39, 0.29) is 18.3 Å². The summed E-state index contributed by atoms with van der Waals surface area (Å²) in [5.41, 5.74) is 12.6. The van der Waals surface area contributed by atoms with Gasteiger partial charge in [0.1, 0.15) is 23.7 Å². The number of azide groups is 1. The van der Waals surface area contributed by atoms with Crippen molar-refractivity contribution in [1.82, 2.24) is 0 Å². The van der Waals surface area contributed by atoms with Gasteiger partial charge in [-0.25, -0.2) is 0 Å². The number of thioether (sulfide) groups is 1. The Hall–Kier alpha value is -4.22. The van der Waals surface area contributed by atoms with E-state index in [0.29, 0.717) is 6.61 Å². The van der Waals surface area contributed by atoms with Gasteiger partial charge in [-0.3, -0.25) is 0 Å². The molecule has 1 aliphatic heterocycles. The van der Waals surface area contributed by atoms with E-state index in [1.807, 2.05) is 48.5 Å². The van der Waals surface area contributed by atoms with Gasteiger partial charge in [-0.15, -0.1) is 0 Å². The van der Waals surface area contributed by atoms with Crippen molar-refractivity contribution in [2.45, 2.75) is 80.6 Å². The fourth-order valence-electron chi connectivity index (χ4n) is 7.71. The number of benzene rings is 6. The molecule has 10 heteroatoms. The van der Waals surface area contributed by atoms with E-state index in [1.165, 1.54) is 22.1 Å². The zero-order valence-electron chi connectivity index (χ0n) is 32.7. The Morgan fingerprint density at radius 3 is 1.93 bits per heavy atom. The van der Waals surface area contributed by atoms with Crippen LogP contribution < -0.4 is 10.4 Å². The Balaban J connectivity index is 1.31. The summed E-state index contributed by atoms with van der Waals surface area (Å²) in [6.45, 7) is 9.68. The minimum absolute atomic E-state index is 0.224. The van der Waals surface area contributed by atoms with Crippen LogP contribution in [0.3, 0.4) is 0 Å². The predicted octanol–water partition coefficient (Wildman–Crippen LogP) is 11.2. The Morgan fingerprint density at radius 2 is 1.30 bits per heavy atom. The zero-order valence-corrected chi connectivity index (χ0v) is 36.1. The second kappa shape index (κ2) is 18.6. The highest BCUT2D eigenvalue weighted by atomic mass is 79.9. The summed E-state index contributed by atoms with van der Waals surface area (Å²) in [6.07, 6.45) is -1.92. The minimum atomic E-state index is -2.98. The molecule has 7 nitrogen and oxygen atoms in total. The minimum Gasteiger partial charge on any atom is -0.405 e. The molecule has 0 spiro atoms. The van der Waals surface area contributed by atoms with Crippen LogP contribution in [0.15, 0.2) is 166 Å². The van der Waals surface area contributed by atoms with E-state index >= 15 is 0 Å². The van der Waals surface area contributed by atoms with Gasteiger partial charge in [-0.2, -0.15) is 0 Å². The van der Waals surface area contributed by atoms with E-state index in [9.17, 15) is 5.53 Å². The maximum atomic E-state index is 10.1. The first-order valence-corrected chi connectivity index (χ1v) is 22.9. The second-order valence-corrected chi connectivity index (χ2v) is 21.9. The Bertz CT molecular complexity index is 2230. The number of hydrogen-bond acceptors (Lipinski definition) is 6. The standard InChI is InChI=1S/C47H48BrN3O4SSi/c1-33-19-27-39(28-20-33)56-46-43(50-51-49)45(53-30-34-22-25-38(48)26-23-34)44(52-31-35-21-24-36-13-11-12-14-37(36)29-35)42(55-46)32-54-57(47(2,3)4,40-15-7-5-8-16-40)41-17-9-6-10-18-41/h5-29,42-46H,30-32H2,1-4H3/t42-,43-,44-,45-,46?/m1/s1. The summed E-state index contributed by atoms with van der Waals surface area (Å²) in [7, 11) is -2.98. The van der Waals surface area contributed by atoms with E-state index in [2.05, 4.69) is 157 Å². The van der Waals surface area contributed by atoms with Gasteiger partial charge in [0.2, 0.25) is 0 Å². The van der Waals surface area contributed by atoms with Crippen molar-refractivity contribution in [3.05, 3.63) is 183 Å². The van der Waals surface area contributed by atoms with Crippen LogP contribution in [-0.4, -0.2) is 44.7 Å². The summed E-state index contributed by atoms with van der Waals surface area (Å²) >= 11 is 5.09. The molecule has 57 heavy (non-hydrogen) atoms. The highest BCUT2D eigenvalue weighted by Gasteiger charge is 2.53. The maximum absolute atomic E-state index is 10.1. The van der Waals surface area contributed by atoms with Crippen molar-refractivity contribution in [3.8, 4) is 0 Å². The average Bonchev–Trinajstić information content (AvgIpc) is 3.22. The van der Waals surface area contributed by atoms with Crippen molar-refractivity contribution < 1.29 is 18.6 Å². The number of ether oxygens (including phenoxy) is 3. The van der Waals surface area contributed by atoms with Crippen LogP contribution in [0.5, 0.6) is 0 Å². The second-order valence-electron chi connectivity index (χ2n) is 15.5. The lowest BCUT2D eigenvalue weighted by atomic mass is 9.97. The third-order valence-corrected chi connectivity index (χ3v) is 17.3. The van der Waals surface area contributed by atoms with Crippen molar-refractivity contribution in [2.75, 3.05) is 6.61 Å². The molecule has 1 saturated heterocycles. The number of rotatable bonds is 14. The first kappa shape index (κ1) is 41.0. The topological polar surface area (TPSA) is 85.7 Å². The quantitative estimate of drug-likeness (QED) is 0.0471. The van der Waals surface area contributed by atoms with Gasteiger partial charge in [-0.1, -0.05) is 180 Å². The molecule has 0 aliphatic carbocycles. The third-order valence-electron chi connectivity index (χ3n) is 10.6. The van der Waals surface area contributed by atoms with Crippen molar-refractivity contribution >= 4 is 57.2 Å². The van der Waals surface area contributed by atoms with E-state index < -0.39 is 38.1 Å². The highest BCUT2D eigenvalue weighted by molar-refractivity contribution is 9.10. The summed E-state index contributed by atoms with van der Waals surface area (Å²) in [4.78, 5) is 4.35. The van der Waals surface area contributed by atoms with Crippen LogP contribution in [0.25, 0.3) is 21.2 Å². The first-order chi connectivity index (χ1) is 27.6. The predicted molar refractivity (Wildman–Crippen MR) is 237 cm³/mol. The molecule has 1 fully saturated rings. The van der Waals surface area contributed by atoms with Gasteiger partial charge >= 0.3 is 0 Å². The molecule has 0 radical (unpaired) electrons. The van der Waals surface area contributed by atoms with Crippen molar-refractivity contribution in [3.63, 3.8) is 0 Å². The largest absolute Gasteiger partial charge is 0.405 e. The molecular formula is C47H48BrN3O4SSi. The van der Waals surface area contributed by atoms with Gasteiger partial charge < -0.3 is 18.6 Å². The maximum Gasteiger partial charge on any atom is 0.261 e. The van der Waals surface area contributed by atoms with Gasteiger partial charge in [-0.05, 0) is 80.1 Å². The van der Waals surface area contributed by atoms with E-state index in [1.54, 1.807) is 0 Å². The fraction of sp³-hybridized carbons (Fsp3) is 0.277. The summed E-state index contributed by atoms with van der Waals surface area (Å²) < 4.78 is 29.5. The molecule has 0 N–H and O–H groups in total. The molecule has 5 atom stereocenters. The summed E-state index contributed by atoms with van der Waals surface area (Å²) in [5, 5.41) is 8.79. The third kappa shape index (κ3) is 9.57. The summed E-state index contributed by atoms with van der Waals surface area (Å²) in [6, 6.07) is 51.5. The lowest BCUT2D eigenvalue weighted by Crippen LogP contribution is -2.68. The smallest absolute Gasteiger partial charge is 0.261 e. The fourth-order valence-corrected chi connectivity index (χ4v) is 13.7. The zero-order chi connectivity index (χ0) is 39.8. The van der Waals surface area contributed by atoms with Crippen LogP contribution in [0.1, 0.15) is 37.5 Å². The summed E-state index contributed by atoms with van der Waals surface area (Å²) in [5.74, 6) is 0. The molecule has 1 heterocycles. The van der Waals surface area contributed by atoms with Crippen LogP contribution in [0.4, 0.5) is 0 Å². The van der Waals surface area contributed by atoms with Crippen LogP contribution >= 0.6 is 27.7 Å². The van der Waals surface area contributed by atoms with Gasteiger partial charge in [0.05, 0.1) is 25.9 Å². The number of nitrogens with zero attached hydrogens (tertiary/aromatic N) is 3. The van der Waals surface area contributed by atoms with E-state index in [4.69, 9.17) is 18.6 Å². The molecule has 0 amide bonds. The van der Waals surface area contributed by atoms with Crippen LogP contribution in [-0.2, 0) is 31.9 Å². The van der Waals surface area contributed by atoms with Crippen molar-refractivity contribution in [2.24, 2.45) is 5.11 Å². The Morgan fingerprint density at radius 1 is 0.719 bits per heavy atom. The number of fused-ring (bicyclic) bond motifs is 1. The van der Waals surface area contributed by atoms with Gasteiger partial charge in [0.25, 0.3) is 8.32 Å². The molecule has 6 aromatic carbocycles. The highest BCUT2D eigenvalue weighted by Crippen LogP contribution is 2.41. The molecular weight excluding hydrogens is 811 g/mol. The normalized spacial score (nSPS) is 19.9. The SMILES string of the molecule is Cc1ccc(SC2O[C@H](CO[Si](c3ccccc3)(c3ccccc3)C(C)(C)C)[C@@H](OCc3ccc4ccccc4c3)[C@H](OCc3ccc(Br)cc3)[C@H]2N=[N+]=[N-])cc1. The lowest BCUT2D eigenvalue weighted by molar-refractivity contribution is -0.205. The van der Waals surface area contributed by atoms with E-state index in [0.717, 1.165) is 36.8 Å². The monoisotopic (exact) mass is 857 g/mol. The molecule has 6 aromatic rings. The van der Waals surface area contributed by atoms with Crippen LogP contribution in [0.2, 0.25) is 5.04 Å². The molecule has 7 rings (SSSR count). The molecule has 0 bridgehead atoms. The van der Waals surface area contributed by atoms with Crippen molar-refractivity contribution in [1.29, 1.82) is 0 Å². The molecule has 1 aliphatic rings. The first-order valence-electron chi connectivity index (χ1n) is 19.3. The number of aryl methyl sites for hydroxylation is 1. The number of halogens is 1. The van der Waals surface area contributed by atoms with Gasteiger partial charge in [0.15, 0.2) is 0 Å². The average molecular weight is 859 g/mol. The molecule has 0 aromatic heterocycles. The Labute approximate surface area is 349 Å². The molecule has 0 saturated carbocycles.